The van der Waals surface area contributed by atoms with Crippen LogP contribution in [0.5, 0.6) is 5.75 Å². The summed E-state index contributed by atoms with van der Waals surface area (Å²) in [6.45, 7) is 1.89. The summed E-state index contributed by atoms with van der Waals surface area (Å²) < 4.78 is 33.6. The molecule has 0 spiro atoms. The van der Waals surface area contributed by atoms with Gasteiger partial charge < -0.3 is 15.2 Å². The number of amides is 1. The number of carbonyl (C=O) groups is 2. The van der Waals surface area contributed by atoms with E-state index in [0.29, 0.717) is 22.2 Å². The summed E-state index contributed by atoms with van der Waals surface area (Å²) in [5.41, 5.74) is 0.447. The molecule has 8 nitrogen and oxygen atoms in total. The Kier molecular flexibility index (Phi) is 10.1. The average molecular weight is 674 g/mol. The third kappa shape index (κ3) is 7.32. The standard InChI is InChI=1S/C34H38Cl2N2O6S/c1-33(21-31(39)40)19-29(23-6-4-7-27(36)18-23)30(37-32(33)41)20-34(24-9-10-24,25-11-13-26(35)14-12-25)38(45(42)43)16-15-22-5-3-8-28(17-22)44-2/h3-8,11-14,17-18,24,29-30,45H,9-10,15-16,19-21H2,1-2H3,(H,37,41)(H,39,40)/t29-,30+,33+,34+/m1/s1. The molecule has 45 heavy (non-hydrogen) atoms. The monoisotopic (exact) mass is 672 g/mol. The molecule has 3 aromatic rings. The highest BCUT2D eigenvalue weighted by atomic mass is 35.5. The lowest BCUT2D eigenvalue weighted by molar-refractivity contribution is -0.147. The number of hydrogen-bond donors (Lipinski definition) is 3. The van der Waals surface area contributed by atoms with E-state index in [0.717, 1.165) is 29.5 Å². The highest BCUT2D eigenvalue weighted by Gasteiger charge is 2.55. The van der Waals surface area contributed by atoms with Gasteiger partial charge in [0.25, 0.3) is 0 Å². The number of hydrogen-bond acceptors (Lipinski definition) is 5. The molecule has 0 unspecified atom stereocenters. The number of nitrogens with one attached hydrogen (secondary N) is 1. The van der Waals surface area contributed by atoms with Gasteiger partial charge in [-0.25, -0.2) is 8.42 Å². The summed E-state index contributed by atoms with van der Waals surface area (Å²) in [4.78, 5) is 25.5. The van der Waals surface area contributed by atoms with Crippen LogP contribution in [0.4, 0.5) is 0 Å². The molecule has 2 aliphatic rings. The fraction of sp³-hybridized carbons (Fsp3) is 0.412. The second-order valence-corrected chi connectivity index (χ2v) is 14.3. The van der Waals surface area contributed by atoms with E-state index < -0.39 is 33.9 Å². The average Bonchev–Trinajstić information content (AvgIpc) is 3.84. The Balaban J connectivity index is 1.61. The van der Waals surface area contributed by atoms with Crippen LogP contribution in [0.2, 0.25) is 10.0 Å². The zero-order valence-electron chi connectivity index (χ0n) is 25.2. The van der Waals surface area contributed by atoms with Crippen molar-refractivity contribution in [2.75, 3.05) is 13.7 Å². The number of rotatable bonds is 13. The number of carboxylic acid groups (broad SMARTS) is 1. The summed E-state index contributed by atoms with van der Waals surface area (Å²) in [5, 5.41) is 13.9. The van der Waals surface area contributed by atoms with Crippen molar-refractivity contribution < 1.29 is 27.9 Å². The molecule has 3 aromatic carbocycles. The molecule has 4 atom stereocenters. The molecular weight excluding hydrogens is 635 g/mol. The second kappa shape index (κ2) is 13.7. The Hall–Kier alpha value is -3.11. The van der Waals surface area contributed by atoms with Gasteiger partial charge in [0.05, 0.1) is 24.5 Å². The summed E-state index contributed by atoms with van der Waals surface area (Å²) in [5.74, 6) is -1.04. The van der Waals surface area contributed by atoms with E-state index in [2.05, 4.69) is 5.32 Å². The molecule has 0 bridgehead atoms. The molecule has 1 aliphatic heterocycles. The van der Waals surface area contributed by atoms with Crippen LogP contribution >= 0.6 is 23.2 Å². The van der Waals surface area contributed by atoms with Crippen LogP contribution in [0.3, 0.4) is 0 Å². The van der Waals surface area contributed by atoms with E-state index in [4.69, 9.17) is 27.9 Å². The third-order valence-electron chi connectivity index (χ3n) is 9.37. The lowest BCUT2D eigenvalue weighted by Gasteiger charge is -2.49. The molecule has 11 heteroatoms. The summed E-state index contributed by atoms with van der Waals surface area (Å²) in [6.07, 6.45) is 2.32. The van der Waals surface area contributed by atoms with Crippen molar-refractivity contribution in [2.24, 2.45) is 11.3 Å². The van der Waals surface area contributed by atoms with E-state index in [9.17, 15) is 23.1 Å². The van der Waals surface area contributed by atoms with Gasteiger partial charge in [0.15, 0.2) is 0 Å². The zero-order valence-corrected chi connectivity index (χ0v) is 27.7. The van der Waals surface area contributed by atoms with Crippen molar-refractivity contribution >= 4 is 46.0 Å². The zero-order chi connectivity index (χ0) is 32.4. The maximum atomic E-state index is 13.7. The van der Waals surface area contributed by atoms with E-state index in [-0.39, 0.29) is 43.6 Å². The number of halogens is 2. The first kappa shape index (κ1) is 33.3. The van der Waals surface area contributed by atoms with Crippen LogP contribution in [-0.2, 0) is 32.4 Å². The van der Waals surface area contributed by atoms with E-state index in [1.807, 2.05) is 54.6 Å². The normalized spacial score (nSPS) is 23.0. The lowest BCUT2D eigenvalue weighted by atomic mass is 9.66. The fourth-order valence-electron chi connectivity index (χ4n) is 7.04. The molecule has 1 heterocycles. The van der Waals surface area contributed by atoms with Gasteiger partial charge in [-0.1, -0.05) is 66.5 Å². The summed E-state index contributed by atoms with van der Waals surface area (Å²) >= 11 is 12.7. The topological polar surface area (TPSA) is 113 Å². The van der Waals surface area contributed by atoms with Crippen LogP contribution in [-0.4, -0.2) is 49.4 Å². The Bertz CT molecular complexity index is 1620. The van der Waals surface area contributed by atoms with Gasteiger partial charge in [-0.05, 0) is 91.1 Å². The van der Waals surface area contributed by atoms with Crippen LogP contribution in [0, 0.1) is 11.3 Å². The van der Waals surface area contributed by atoms with Gasteiger partial charge in [0.1, 0.15) is 5.75 Å². The number of methoxy groups -OCH3 is 1. The first-order valence-corrected chi connectivity index (χ1v) is 16.9. The van der Waals surface area contributed by atoms with Crippen LogP contribution in [0.1, 0.15) is 61.6 Å². The van der Waals surface area contributed by atoms with Crippen molar-refractivity contribution in [3.8, 4) is 5.75 Å². The molecule has 2 N–H and O–H groups in total. The smallest absolute Gasteiger partial charge is 0.304 e. The highest BCUT2D eigenvalue weighted by molar-refractivity contribution is 7.69. The third-order valence-corrected chi connectivity index (χ3v) is 10.8. The first-order valence-electron chi connectivity index (χ1n) is 15.0. The minimum absolute atomic E-state index is 0.00104. The van der Waals surface area contributed by atoms with Gasteiger partial charge in [-0.3, -0.25) is 9.59 Å². The summed E-state index contributed by atoms with van der Waals surface area (Å²) in [7, 11) is -1.48. The predicted molar refractivity (Wildman–Crippen MR) is 175 cm³/mol. The largest absolute Gasteiger partial charge is 0.497 e. The van der Waals surface area contributed by atoms with Gasteiger partial charge in [0, 0.05) is 28.5 Å². The highest BCUT2D eigenvalue weighted by Crippen LogP contribution is 2.55. The molecule has 2 fully saturated rings. The quantitative estimate of drug-likeness (QED) is 0.186. The van der Waals surface area contributed by atoms with Crippen molar-refractivity contribution in [2.45, 2.75) is 62.9 Å². The number of benzene rings is 3. The van der Waals surface area contributed by atoms with E-state index in [1.165, 1.54) is 0 Å². The summed E-state index contributed by atoms with van der Waals surface area (Å²) in [6, 6.07) is 21.7. The van der Waals surface area contributed by atoms with E-state index >= 15 is 0 Å². The number of carbonyl (C=O) groups excluding carboxylic acids is 1. The number of aliphatic carboxylic acids is 1. The maximum absolute atomic E-state index is 13.7. The molecule has 1 saturated carbocycles. The van der Waals surface area contributed by atoms with Gasteiger partial charge >= 0.3 is 5.97 Å². The second-order valence-electron chi connectivity index (χ2n) is 12.4. The minimum Gasteiger partial charge on any atom is -0.497 e. The number of nitrogens with zero attached hydrogens (tertiary/aromatic N) is 1. The van der Waals surface area contributed by atoms with Crippen LogP contribution < -0.4 is 10.1 Å². The van der Waals surface area contributed by atoms with Gasteiger partial charge in [0.2, 0.25) is 16.8 Å². The number of ether oxygens (including phenoxy) is 1. The number of piperidine rings is 1. The lowest BCUT2D eigenvalue weighted by Crippen LogP contribution is -2.58. The molecular formula is C34H38Cl2N2O6S. The molecule has 1 aliphatic carbocycles. The Labute approximate surface area is 275 Å². The molecule has 0 aromatic heterocycles. The Morgan fingerprint density at radius 2 is 1.78 bits per heavy atom. The van der Waals surface area contributed by atoms with Crippen molar-refractivity contribution in [1.29, 1.82) is 0 Å². The van der Waals surface area contributed by atoms with Gasteiger partial charge in [-0.2, -0.15) is 4.31 Å². The number of thiol groups is 1. The SMILES string of the molecule is COc1cccc(CCN([SH](=O)=O)[C@](C[C@@H]2NC(=O)[C@](C)(CC(=O)O)C[C@@H]2c2cccc(Cl)c2)(c2ccc(Cl)cc2)C2CC2)c1. The Morgan fingerprint density at radius 3 is 2.40 bits per heavy atom. The number of carboxylic acids is 1. The molecule has 1 amide bonds. The minimum atomic E-state index is -3.07. The molecule has 0 radical (unpaired) electrons. The van der Waals surface area contributed by atoms with Crippen molar-refractivity contribution in [3.63, 3.8) is 0 Å². The molecule has 1 saturated heterocycles. The Morgan fingerprint density at radius 1 is 1.07 bits per heavy atom. The molecule has 5 rings (SSSR count). The first-order chi connectivity index (χ1) is 21.4. The van der Waals surface area contributed by atoms with Crippen molar-refractivity contribution in [3.05, 3.63) is 99.5 Å². The van der Waals surface area contributed by atoms with Gasteiger partial charge in [-0.15, -0.1) is 0 Å². The van der Waals surface area contributed by atoms with Crippen LogP contribution in [0.25, 0.3) is 0 Å². The predicted octanol–water partition coefficient (Wildman–Crippen LogP) is 6.22. The van der Waals surface area contributed by atoms with Crippen LogP contribution in [0.15, 0.2) is 72.8 Å². The molecule has 240 valence electrons. The maximum Gasteiger partial charge on any atom is 0.304 e. The van der Waals surface area contributed by atoms with Crippen molar-refractivity contribution in [1.82, 2.24) is 9.62 Å². The fourth-order valence-corrected chi connectivity index (χ4v) is 8.28. The van der Waals surface area contributed by atoms with E-state index in [1.54, 1.807) is 36.5 Å².